The van der Waals surface area contributed by atoms with E-state index in [1.807, 2.05) is 30.0 Å². The highest BCUT2D eigenvalue weighted by molar-refractivity contribution is 7.10. The van der Waals surface area contributed by atoms with Crippen LogP contribution in [0.25, 0.3) is 0 Å². The zero-order valence-electron chi connectivity index (χ0n) is 14.2. The normalized spacial score (nSPS) is 21.3. The van der Waals surface area contributed by atoms with Crippen LogP contribution >= 0.6 is 11.3 Å². The van der Waals surface area contributed by atoms with Gasteiger partial charge in [0.2, 0.25) is 5.91 Å². The monoisotopic (exact) mass is 347 g/mol. The Morgan fingerprint density at radius 1 is 1.50 bits per heavy atom. The van der Waals surface area contributed by atoms with Crippen molar-refractivity contribution < 1.29 is 9.90 Å². The van der Waals surface area contributed by atoms with E-state index in [1.54, 1.807) is 11.3 Å². The number of nitrogens with one attached hydrogen (secondary N) is 1. The molecule has 2 aromatic heterocycles. The Labute approximate surface area is 146 Å². The summed E-state index contributed by atoms with van der Waals surface area (Å²) < 4.78 is 1.96. The molecular weight excluding hydrogens is 322 g/mol. The number of aryl methyl sites for hydroxylation is 3. The minimum atomic E-state index is -0.208. The maximum absolute atomic E-state index is 12.4. The van der Waals surface area contributed by atoms with Crippen molar-refractivity contribution in [2.24, 2.45) is 5.92 Å². The number of hydrogen-bond donors (Lipinski definition) is 2. The molecule has 6 heteroatoms. The van der Waals surface area contributed by atoms with Gasteiger partial charge in [0.1, 0.15) is 0 Å². The highest BCUT2D eigenvalue weighted by atomic mass is 32.1. The number of amides is 1. The largest absolute Gasteiger partial charge is 0.393 e. The van der Waals surface area contributed by atoms with Crippen LogP contribution in [0.3, 0.4) is 0 Å². The van der Waals surface area contributed by atoms with Gasteiger partial charge in [0.25, 0.3) is 0 Å². The van der Waals surface area contributed by atoms with Gasteiger partial charge in [-0.1, -0.05) is 6.07 Å². The molecule has 0 radical (unpaired) electrons. The Bertz CT molecular complexity index is 675. The number of thiophene rings is 1. The molecule has 0 spiro atoms. The molecule has 1 fully saturated rings. The van der Waals surface area contributed by atoms with Gasteiger partial charge in [0, 0.05) is 23.5 Å². The maximum atomic E-state index is 12.4. The van der Waals surface area contributed by atoms with E-state index in [0.717, 1.165) is 37.2 Å². The minimum Gasteiger partial charge on any atom is -0.393 e. The van der Waals surface area contributed by atoms with E-state index in [0.29, 0.717) is 12.3 Å². The number of carbonyl (C=O) groups is 1. The number of nitrogens with zero attached hydrogens (tertiary/aromatic N) is 2. The first-order valence-corrected chi connectivity index (χ1v) is 9.43. The molecule has 1 aliphatic carbocycles. The van der Waals surface area contributed by atoms with Gasteiger partial charge in [-0.05, 0) is 56.5 Å². The standard InChI is InChI=1S/C18H25N3O2S/c1-12-9-13(2)21(20-12)7-3-6-17(23)19-18(14-10-15(22)11-14)16-5-4-8-24-16/h4-5,8-9,14-15,18,22H,3,6-7,10-11H2,1-2H3,(H,19,23)/t14?,15?,18-/m0/s1. The van der Waals surface area contributed by atoms with Crippen LogP contribution in [0.2, 0.25) is 0 Å². The fraction of sp³-hybridized carbons (Fsp3) is 0.556. The molecule has 24 heavy (non-hydrogen) atoms. The molecule has 130 valence electrons. The SMILES string of the molecule is Cc1cc(C)n(CCCC(=O)N[C@H](c2cccs2)C2CC(O)C2)n1. The van der Waals surface area contributed by atoms with Crippen LogP contribution < -0.4 is 5.32 Å². The summed E-state index contributed by atoms with van der Waals surface area (Å²) in [7, 11) is 0. The second-order valence-electron chi connectivity index (χ2n) is 6.70. The van der Waals surface area contributed by atoms with Crippen LogP contribution in [-0.4, -0.2) is 26.9 Å². The van der Waals surface area contributed by atoms with Crippen molar-refractivity contribution in [1.82, 2.24) is 15.1 Å². The smallest absolute Gasteiger partial charge is 0.220 e. The third kappa shape index (κ3) is 4.05. The average Bonchev–Trinajstić information content (AvgIpc) is 3.12. The number of aliphatic hydroxyl groups is 1. The van der Waals surface area contributed by atoms with E-state index in [-0.39, 0.29) is 18.1 Å². The summed E-state index contributed by atoms with van der Waals surface area (Å²) in [6.45, 7) is 4.78. The van der Waals surface area contributed by atoms with Crippen molar-refractivity contribution in [1.29, 1.82) is 0 Å². The molecule has 2 N–H and O–H groups in total. The molecule has 1 saturated carbocycles. The Kier molecular flexibility index (Phi) is 5.36. The average molecular weight is 347 g/mol. The lowest BCUT2D eigenvalue weighted by atomic mass is 9.76. The van der Waals surface area contributed by atoms with Crippen molar-refractivity contribution in [3.8, 4) is 0 Å². The lowest BCUT2D eigenvalue weighted by molar-refractivity contribution is -0.123. The first kappa shape index (κ1) is 17.2. The quantitative estimate of drug-likeness (QED) is 0.809. The van der Waals surface area contributed by atoms with Crippen molar-refractivity contribution >= 4 is 17.2 Å². The lowest BCUT2D eigenvalue weighted by Crippen LogP contribution is -2.41. The summed E-state index contributed by atoms with van der Waals surface area (Å²) in [4.78, 5) is 13.5. The van der Waals surface area contributed by atoms with Crippen LogP contribution in [-0.2, 0) is 11.3 Å². The first-order chi connectivity index (χ1) is 11.5. The predicted octanol–water partition coefficient (Wildman–Crippen LogP) is 2.97. The van der Waals surface area contributed by atoms with E-state index in [2.05, 4.69) is 22.5 Å². The number of aliphatic hydroxyl groups excluding tert-OH is 1. The molecule has 0 saturated heterocycles. The first-order valence-electron chi connectivity index (χ1n) is 8.55. The molecule has 1 aliphatic rings. The highest BCUT2D eigenvalue weighted by Crippen LogP contribution is 2.39. The second-order valence-corrected chi connectivity index (χ2v) is 7.68. The Hall–Kier alpha value is -1.66. The van der Waals surface area contributed by atoms with Crippen molar-refractivity contribution in [3.63, 3.8) is 0 Å². The van der Waals surface area contributed by atoms with Gasteiger partial charge >= 0.3 is 0 Å². The molecule has 1 atom stereocenters. The van der Waals surface area contributed by atoms with Crippen molar-refractivity contribution in [2.45, 2.75) is 58.2 Å². The summed E-state index contributed by atoms with van der Waals surface area (Å²) in [5.41, 5.74) is 2.14. The van der Waals surface area contributed by atoms with E-state index in [1.165, 1.54) is 4.88 Å². The summed E-state index contributed by atoms with van der Waals surface area (Å²) in [6.07, 6.45) is 2.61. The van der Waals surface area contributed by atoms with Crippen LogP contribution in [0.1, 0.15) is 48.0 Å². The molecule has 0 aromatic carbocycles. The van der Waals surface area contributed by atoms with Gasteiger partial charge in [-0.25, -0.2) is 0 Å². The van der Waals surface area contributed by atoms with E-state index < -0.39 is 0 Å². The maximum Gasteiger partial charge on any atom is 0.220 e. The molecule has 3 rings (SSSR count). The Balaban J connectivity index is 1.51. The molecule has 2 aromatic rings. The number of carbonyl (C=O) groups excluding carboxylic acids is 1. The lowest BCUT2D eigenvalue weighted by Gasteiger charge is -2.37. The number of rotatable bonds is 7. The van der Waals surface area contributed by atoms with Gasteiger partial charge in [-0.15, -0.1) is 11.3 Å². The van der Waals surface area contributed by atoms with E-state index >= 15 is 0 Å². The van der Waals surface area contributed by atoms with Crippen LogP contribution in [0, 0.1) is 19.8 Å². The van der Waals surface area contributed by atoms with E-state index in [9.17, 15) is 9.90 Å². The molecule has 2 heterocycles. The van der Waals surface area contributed by atoms with Crippen molar-refractivity contribution in [2.75, 3.05) is 0 Å². The second kappa shape index (κ2) is 7.49. The number of aromatic nitrogens is 2. The van der Waals surface area contributed by atoms with Crippen molar-refractivity contribution in [3.05, 3.63) is 39.8 Å². The number of hydrogen-bond acceptors (Lipinski definition) is 4. The van der Waals surface area contributed by atoms with Crippen LogP contribution in [0.4, 0.5) is 0 Å². The van der Waals surface area contributed by atoms with Gasteiger partial charge < -0.3 is 10.4 Å². The van der Waals surface area contributed by atoms with Gasteiger partial charge in [0.15, 0.2) is 0 Å². The van der Waals surface area contributed by atoms with Gasteiger partial charge in [0.05, 0.1) is 17.8 Å². The molecule has 1 amide bonds. The summed E-state index contributed by atoms with van der Waals surface area (Å²) >= 11 is 1.67. The fourth-order valence-electron chi connectivity index (χ4n) is 3.33. The fourth-order valence-corrected chi connectivity index (χ4v) is 4.20. The third-order valence-electron chi connectivity index (χ3n) is 4.66. The molecular formula is C18H25N3O2S. The zero-order chi connectivity index (χ0) is 17.1. The van der Waals surface area contributed by atoms with Crippen LogP contribution in [0.15, 0.2) is 23.6 Å². The predicted molar refractivity (Wildman–Crippen MR) is 94.9 cm³/mol. The Morgan fingerprint density at radius 2 is 2.29 bits per heavy atom. The molecule has 5 nitrogen and oxygen atoms in total. The summed E-state index contributed by atoms with van der Waals surface area (Å²) in [5, 5.41) is 19.2. The summed E-state index contributed by atoms with van der Waals surface area (Å²) in [6, 6.07) is 6.16. The van der Waals surface area contributed by atoms with Crippen LogP contribution in [0.5, 0.6) is 0 Å². The third-order valence-corrected chi connectivity index (χ3v) is 5.62. The highest BCUT2D eigenvalue weighted by Gasteiger charge is 2.35. The van der Waals surface area contributed by atoms with Gasteiger partial charge in [-0.2, -0.15) is 5.10 Å². The molecule has 0 unspecified atom stereocenters. The molecule has 0 bridgehead atoms. The van der Waals surface area contributed by atoms with E-state index in [4.69, 9.17) is 0 Å². The minimum absolute atomic E-state index is 0.0367. The molecule has 0 aliphatic heterocycles. The summed E-state index contributed by atoms with van der Waals surface area (Å²) in [5.74, 6) is 0.426. The topological polar surface area (TPSA) is 67.2 Å². The van der Waals surface area contributed by atoms with Gasteiger partial charge in [-0.3, -0.25) is 9.48 Å². The zero-order valence-corrected chi connectivity index (χ0v) is 15.1. The Morgan fingerprint density at radius 3 is 2.88 bits per heavy atom.